The van der Waals surface area contributed by atoms with Crippen LogP contribution in [0.5, 0.6) is 5.88 Å². The topological polar surface area (TPSA) is 108 Å². The van der Waals surface area contributed by atoms with Crippen molar-refractivity contribution in [2.45, 2.75) is 12.7 Å². The molecular weight excluding hydrogens is 511 g/mol. The summed E-state index contributed by atoms with van der Waals surface area (Å²) in [5.74, 6) is 5.83. The number of hydrogen-bond donors (Lipinski definition) is 3. The van der Waals surface area contributed by atoms with Crippen molar-refractivity contribution in [1.29, 1.82) is 0 Å². The fraction of sp³-hybridized carbons (Fsp3) is 0.259. The molecule has 1 aromatic carbocycles. The zero-order valence-electron chi connectivity index (χ0n) is 20.9. The van der Waals surface area contributed by atoms with Gasteiger partial charge in [0.05, 0.1) is 18.1 Å². The van der Waals surface area contributed by atoms with Crippen LogP contribution in [0.15, 0.2) is 48.8 Å². The molecule has 3 aromatic heterocycles. The summed E-state index contributed by atoms with van der Waals surface area (Å²) in [7, 11) is 1.51. The van der Waals surface area contributed by atoms with Crippen molar-refractivity contribution in [2.24, 2.45) is 0 Å². The minimum absolute atomic E-state index is 0.113. The number of ether oxygens (including phenoxy) is 1. The third-order valence-corrected chi connectivity index (χ3v) is 6.21. The fourth-order valence-electron chi connectivity index (χ4n) is 4.24. The molecule has 4 aromatic rings. The Morgan fingerprint density at radius 2 is 1.90 bits per heavy atom. The third kappa shape index (κ3) is 6.17. The maximum atomic E-state index is 13.9. The summed E-state index contributed by atoms with van der Waals surface area (Å²) in [6, 6.07) is 8.64. The molecule has 1 aliphatic rings. The second kappa shape index (κ2) is 11.1. The SMILES string of the molecule is COc1n[nH]c2ncc(C#Cc3ccnc(NC(=O)c4ccc(CN5CCNCC5)c(C(F)(F)F)c4)c3)cc12. The largest absolute Gasteiger partial charge is 0.479 e. The number of aromatic nitrogens is 4. The monoisotopic (exact) mass is 535 g/mol. The smallest absolute Gasteiger partial charge is 0.416 e. The van der Waals surface area contributed by atoms with E-state index in [0.29, 0.717) is 41.1 Å². The van der Waals surface area contributed by atoms with Gasteiger partial charge in [-0.2, -0.15) is 13.2 Å². The Labute approximate surface area is 221 Å². The number of pyridine rings is 2. The van der Waals surface area contributed by atoms with Crippen LogP contribution in [0.1, 0.15) is 32.6 Å². The summed E-state index contributed by atoms with van der Waals surface area (Å²) in [5.41, 5.74) is 0.931. The lowest BCUT2D eigenvalue weighted by Gasteiger charge is -2.28. The van der Waals surface area contributed by atoms with Gasteiger partial charge in [-0.25, -0.2) is 9.97 Å². The van der Waals surface area contributed by atoms with Crippen LogP contribution in [0.4, 0.5) is 19.0 Å². The zero-order valence-corrected chi connectivity index (χ0v) is 20.9. The first kappa shape index (κ1) is 26.1. The number of carbonyl (C=O) groups is 1. The first-order valence-corrected chi connectivity index (χ1v) is 12.1. The number of rotatable bonds is 5. The normalized spacial score (nSPS) is 14.1. The molecule has 0 radical (unpaired) electrons. The van der Waals surface area contributed by atoms with Crippen LogP contribution in [-0.2, 0) is 12.7 Å². The van der Waals surface area contributed by atoms with E-state index in [4.69, 9.17) is 4.74 Å². The molecule has 0 saturated carbocycles. The van der Waals surface area contributed by atoms with Gasteiger partial charge in [-0.05, 0) is 35.9 Å². The second-order valence-electron chi connectivity index (χ2n) is 8.88. The number of aromatic amines is 1. The number of piperazine rings is 1. The average Bonchev–Trinajstić information content (AvgIpc) is 3.35. The van der Waals surface area contributed by atoms with E-state index in [2.05, 4.69) is 42.6 Å². The van der Waals surface area contributed by atoms with Crippen molar-refractivity contribution < 1.29 is 22.7 Å². The van der Waals surface area contributed by atoms with E-state index < -0.39 is 17.6 Å². The van der Waals surface area contributed by atoms with Crippen molar-refractivity contribution in [2.75, 3.05) is 38.6 Å². The van der Waals surface area contributed by atoms with Crippen LogP contribution in [-0.4, -0.2) is 64.3 Å². The molecule has 1 aliphatic heterocycles. The lowest BCUT2D eigenvalue weighted by atomic mass is 10.0. The predicted octanol–water partition coefficient (Wildman–Crippen LogP) is 3.44. The Balaban J connectivity index is 1.32. The quantitative estimate of drug-likeness (QED) is 0.336. The maximum absolute atomic E-state index is 13.9. The first-order valence-electron chi connectivity index (χ1n) is 12.1. The van der Waals surface area contributed by atoms with Crippen LogP contribution in [0, 0.1) is 11.8 Å². The molecule has 0 aliphatic carbocycles. The molecule has 39 heavy (non-hydrogen) atoms. The Morgan fingerprint density at radius 1 is 1.10 bits per heavy atom. The van der Waals surface area contributed by atoms with E-state index in [1.807, 2.05) is 4.90 Å². The Bertz CT molecular complexity index is 1570. The van der Waals surface area contributed by atoms with E-state index in [9.17, 15) is 18.0 Å². The number of alkyl halides is 3. The number of methoxy groups -OCH3 is 1. The van der Waals surface area contributed by atoms with E-state index in [1.165, 1.54) is 25.4 Å². The summed E-state index contributed by atoms with van der Waals surface area (Å²) in [6.07, 6.45) is -1.55. The summed E-state index contributed by atoms with van der Waals surface area (Å²) in [5, 5.41) is 13.2. The van der Waals surface area contributed by atoms with E-state index in [0.717, 1.165) is 19.2 Å². The molecule has 200 valence electrons. The average molecular weight is 536 g/mol. The van der Waals surface area contributed by atoms with Crippen LogP contribution < -0.4 is 15.4 Å². The number of hydrogen-bond acceptors (Lipinski definition) is 7. The van der Waals surface area contributed by atoms with Crippen LogP contribution in [0.2, 0.25) is 0 Å². The van der Waals surface area contributed by atoms with Crippen LogP contribution in [0.3, 0.4) is 0 Å². The third-order valence-electron chi connectivity index (χ3n) is 6.21. The molecular formula is C27H24F3N7O2. The van der Waals surface area contributed by atoms with Crippen molar-refractivity contribution in [3.05, 3.63) is 76.6 Å². The van der Waals surface area contributed by atoms with E-state index in [1.54, 1.807) is 24.4 Å². The van der Waals surface area contributed by atoms with Gasteiger partial charge in [-0.15, -0.1) is 5.10 Å². The number of nitrogens with zero attached hydrogens (tertiary/aromatic N) is 4. The minimum atomic E-state index is -4.59. The second-order valence-corrected chi connectivity index (χ2v) is 8.88. The van der Waals surface area contributed by atoms with Crippen molar-refractivity contribution in [3.63, 3.8) is 0 Å². The highest BCUT2D eigenvalue weighted by Gasteiger charge is 2.34. The van der Waals surface area contributed by atoms with Crippen molar-refractivity contribution in [3.8, 4) is 17.7 Å². The molecule has 3 N–H and O–H groups in total. The molecule has 1 amide bonds. The van der Waals surface area contributed by atoms with Gasteiger partial charge >= 0.3 is 6.18 Å². The summed E-state index contributed by atoms with van der Waals surface area (Å²) in [4.78, 5) is 23.2. The highest BCUT2D eigenvalue weighted by molar-refractivity contribution is 6.04. The molecule has 4 heterocycles. The Kier molecular flexibility index (Phi) is 7.44. The highest BCUT2D eigenvalue weighted by atomic mass is 19.4. The standard InChI is InChI=1S/C27H24F3N7O2/c1-39-26-21-12-18(15-33-24(21)35-36-26)3-2-17-6-7-32-23(13-17)34-25(38)19-4-5-20(22(14-19)27(28,29)30)16-37-10-8-31-9-11-37/h4-7,12-15,31H,8-11,16H2,1H3,(H,32,34,38)(H,33,35,36). The molecule has 9 nitrogen and oxygen atoms in total. The van der Waals surface area contributed by atoms with Gasteiger partial charge in [-0.1, -0.05) is 17.9 Å². The minimum Gasteiger partial charge on any atom is -0.479 e. The molecule has 12 heteroatoms. The van der Waals surface area contributed by atoms with Gasteiger partial charge in [0.25, 0.3) is 5.91 Å². The van der Waals surface area contributed by atoms with Gasteiger partial charge in [0.1, 0.15) is 5.82 Å². The van der Waals surface area contributed by atoms with Crippen molar-refractivity contribution >= 4 is 22.8 Å². The molecule has 1 saturated heterocycles. The molecule has 5 rings (SSSR count). The number of nitrogens with one attached hydrogen (secondary N) is 3. The number of amides is 1. The van der Waals surface area contributed by atoms with Gasteiger partial charge < -0.3 is 15.4 Å². The molecule has 0 spiro atoms. The molecule has 0 atom stereocenters. The molecule has 0 unspecified atom stereocenters. The number of carbonyl (C=O) groups excluding carboxylic acids is 1. The molecule has 0 bridgehead atoms. The maximum Gasteiger partial charge on any atom is 0.416 e. The first-order chi connectivity index (χ1) is 18.8. The van der Waals surface area contributed by atoms with Crippen LogP contribution in [0.25, 0.3) is 11.0 Å². The fourth-order valence-corrected chi connectivity index (χ4v) is 4.24. The number of H-pyrrole nitrogens is 1. The Hall–Kier alpha value is -4.47. The lowest BCUT2D eigenvalue weighted by Crippen LogP contribution is -2.43. The number of fused-ring (bicyclic) bond motifs is 1. The summed E-state index contributed by atoms with van der Waals surface area (Å²) >= 11 is 0. The van der Waals surface area contributed by atoms with Crippen LogP contribution >= 0.6 is 0 Å². The lowest BCUT2D eigenvalue weighted by molar-refractivity contribution is -0.138. The summed E-state index contributed by atoms with van der Waals surface area (Å²) < 4.78 is 46.8. The number of benzene rings is 1. The number of anilines is 1. The predicted molar refractivity (Wildman–Crippen MR) is 138 cm³/mol. The van der Waals surface area contributed by atoms with Gasteiger partial charge in [0.2, 0.25) is 5.88 Å². The summed E-state index contributed by atoms with van der Waals surface area (Å²) in [6.45, 7) is 2.93. The van der Waals surface area contributed by atoms with Crippen molar-refractivity contribution in [1.82, 2.24) is 30.4 Å². The van der Waals surface area contributed by atoms with Gasteiger partial charge in [0.15, 0.2) is 5.65 Å². The molecule has 1 fully saturated rings. The van der Waals surface area contributed by atoms with E-state index >= 15 is 0 Å². The zero-order chi connectivity index (χ0) is 27.4. The van der Waals surface area contributed by atoms with Gasteiger partial charge in [-0.3, -0.25) is 14.8 Å². The Morgan fingerprint density at radius 3 is 2.67 bits per heavy atom. The van der Waals surface area contributed by atoms with E-state index in [-0.39, 0.29) is 23.5 Å². The van der Waals surface area contributed by atoms with Gasteiger partial charge in [0, 0.05) is 61.8 Å². The number of halogens is 3. The highest BCUT2D eigenvalue weighted by Crippen LogP contribution is 2.33.